The van der Waals surface area contributed by atoms with E-state index >= 15 is 0 Å². The topological polar surface area (TPSA) is 23.4 Å². The maximum Gasteiger partial charge on any atom is 0.140 e. The Bertz CT molecular complexity index is 2840. The van der Waals surface area contributed by atoms with Gasteiger partial charge in [-0.25, -0.2) is 0 Å². The largest absolute Gasteiger partial charge is 0.457 e. The minimum absolute atomic E-state index is 0.733. The second-order valence-corrected chi connectivity index (χ2v) is 13.6. The molecule has 1 spiro atoms. The zero-order chi connectivity index (χ0) is 34.2. The van der Waals surface area contributed by atoms with Crippen LogP contribution in [0.25, 0.3) is 49.7 Å². The van der Waals surface area contributed by atoms with E-state index < -0.39 is 5.41 Å². The van der Waals surface area contributed by atoms with Gasteiger partial charge in [0.05, 0.1) is 16.4 Å². The Morgan fingerprint density at radius 1 is 0.385 bits per heavy atom. The first kappa shape index (κ1) is 28.9. The van der Waals surface area contributed by atoms with Gasteiger partial charge in [0.25, 0.3) is 0 Å². The highest BCUT2D eigenvalue weighted by Crippen LogP contribution is 2.64. The predicted molar refractivity (Wildman–Crippen MR) is 210 cm³/mol. The quantitative estimate of drug-likeness (QED) is 0.187. The number of nitrogens with zero attached hydrogens (tertiary/aromatic N) is 1. The average molecular weight is 666 g/mol. The number of hydrogen-bond donors (Lipinski definition) is 0. The van der Waals surface area contributed by atoms with Gasteiger partial charge in [0.2, 0.25) is 0 Å². The smallest absolute Gasteiger partial charge is 0.140 e. The SMILES string of the molecule is c1ccc(-c2cccc3c2C2(c4ccccc4O3)c3ccccc3Oc3c(-c4cccc5c4c4ccccc4n5-c4ccccc4)cccc32)cc1. The highest BCUT2D eigenvalue weighted by Gasteiger charge is 2.52. The van der Waals surface area contributed by atoms with Crippen LogP contribution in [-0.2, 0) is 5.41 Å². The molecule has 3 nitrogen and oxygen atoms in total. The average Bonchev–Trinajstić information content (AvgIpc) is 3.56. The summed E-state index contributed by atoms with van der Waals surface area (Å²) in [5.41, 5.74) is 11.6. The molecule has 0 saturated heterocycles. The van der Waals surface area contributed by atoms with Crippen molar-refractivity contribution < 1.29 is 9.47 Å². The first-order valence-corrected chi connectivity index (χ1v) is 17.8. The van der Waals surface area contributed by atoms with Gasteiger partial charge in [-0.05, 0) is 59.2 Å². The summed E-state index contributed by atoms with van der Waals surface area (Å²) in [5, 5.41) is 2.40. The molecule has 3 heteroatoms. The fourth-order valence-electron chi connectivity index (χ4n) is 8.91. The Balaban J connectivity index is 1.28. The van der Waals surface area contributed by atoms with Gasteiger partial charge in [0.15, 0.2) is 0 Å². The molecule has 9 aromatic rings. The molecule has 1 aromatic heterocycles. The third-order valence-corrected chi connectivity index (χ3v) is 10.9. The molecule has 52 heavy (non-hydrogen) atoms. The summed E-state index contributed by atoms with van der Waals surface area (Å²) in [4.78, 5) is 0. The molecule has 244 valence electrons. The summed E-state index contributed by atoms with van der Waals surface area (Å²) in [5.74, 6) is 3.39. The summed E-state index contributed by atoms with van der Waals surface area (Å²) in [6, 6.07) is 66.8. The van der Waals surface area contributed by atoms with E-state index in [1.54, 1.807) is 0 Å². The van der Waals surface area contributed by atoms with Crippen LogP contribution >= 0.6 is 0 Å². The summed E-state index contributed by atoms with van der Waals surface area (Å²) in [6.45, 7) is 0. The molecule has 0 fully saturated rings. The molecular weight excluding hydrogens is 635 g/mol. The normalized spacial score (nSPS) is 15.3. The van der Waals surface area contributed by atoms with Crippen molar-refractivity contribution in [3.8, 4) is 50.9 Å². The van der Waals surface area contributed by atoms with Gasteiger partial charge >= 0.3 is 0 Å². The van der Waals surface area contributed by atoms with Crippen molar-refractivity contribution in [1.82, 2.24) is 4.57 Å². The molecule has 0 bridgehead atoms. The van der Waals surface area contributed by atoms with E-state index in [1.807, 2.05) is 0 Å². The van der Waals surface area contributed by atoms with Gasteiger partial charge < -0.3 is 14.0 Å². The molecule has 11 rings (SSSR count). The standard InChI is InChI=1S/C49H31NO2/c1-3-16-32(17-4-1)34-21-15-31-45-47(34)49(38-24-8-11-29-43(38)51-45)39-25-9-12-30-44(39)52-48-36(23-13-26-40(48)49)35-22-14-28-42-46(35)37-20-7-10-27-41(37)50(42)33-18-5-2-6-19-33/h1-31H. The van der Waals surface area contributed by atoms with E-state index in [-0.39, 0.29) is 0 Å². The van der Waals surface area contributed by atoms with E-state index in [4.69, 9.17) is 9.47 Å². The van der Waals surface area contributed by atoms with Crippen LogP contribution in [0.1, 0.15) is 22.3 Å². The van der Waals surface area contributed by atoms with Crippen molar-refractivity contribution in [3.05, 3.63) is 210 Å². The molecule has 0 aliphatic carbocycles. The number of hydrogen-bond acceptors (Lipinski definition) is 2. The van der Waals surface area contributed by atoms with Crippen LogP contribution < -0.4 is 9.47 Å². The fourth-order valence-corrected chi connectivity index (χ4v) is 8.91. The highest BCUT2D eigenvalue weighted by molar-refractivity contribution is 6.16. The molecule has 1 atom stereocenters. The molecule has 0 radical (unpaired) electrons. The Kier molecular flexibility index (Phi) is 6.17. The summed E-state index contributed by atoms with van der Waals surface area (Å²) in [7, 11) is 0. The minimum atomic E-state index is -0.733. The lowest BCUT2D eigenvalue weighted by atomic mass is 9.60. The van der Waals surface area contributed by atoms with E-state index in [1.165, 1.54) is 16.3 Å². The lowest BCUT2D eigenvalue weighted by Crippen LogP contribution is -2.37. The van der Waals surface area contributed by atoms with Crippen LogP contribution in [-0.4, -0.2) is 4.57 Å². The molecule has 0 N–H and O–H groups in total. The van der Waals surface area contributed by atoms with E-state index in [0.29, 0.717) is 0 Å². The van der Waals surface area contributed by atoms with Gasteiger partial charge in [-0.15, -0.1) is 0 Å². The number of ether oxygens (including phenoxy) is 2. The fraction of sp³-hybridized carbons (Fsp3) is 0.0204. The molecule has 8 aromatic carbocycles. The minimum Gasteiger partial charge on any atom is -0.457 e. The molecule has 0 saturated carbocycles. The van der Waals surface area contributed by atoms with Crippen LogP contribution in [0.4, 0.5) is 0 Å². The lowest BCUT2D eigenvalue weighted by Gasteiger charge is -2.46. The molecular formula is C49H31NO2. The Morgan fingerprint density at radius 3 is 1.75 bits per heavy atom. The van der Waals surface area contributed by atoms with Gasteiger partial charge in [-0.3, -0.25) is 0 Å². The Labute approximate surface area is 301 Å². The second kappa shape index (κ2) is 11.1. The van der Waals surface area contributed by atoms with Crippen molar-refractivity contribution in [2.45, 2.75) is 5.41 Å². The number of para-hydroxylation sites is 5. The maximum absolute atomic E-state index is 7.17. The van der Waals surface area contributed by atoms with Crippen molar-refractivity contribution in [2.24, 2.45) is 0 Å². The van der Waals surface area contributed by atoms with E-state index in [0.717, 1.165) is 78.7 Å². The van der Waals surface area contributed by atoms with Crippen LogP contribution in [0, 0.1) is 0 Å². The number of benzene rings is 8. The van der Waals surface area contributed by atoms with Gasteiger partial charge in [0.1, 0.15) is 23.0 Å². The highest BCUT2D eigenvalue weighted by atomic mass is 16.5. The van der Waals surface area contributed by atoms with Crippen molar-refractivity contribution in [3.63, 3.8) is 0 Å². The van der Waals surface area contributed by atoms with Gasteiger partial charge in [0, 0.05) is 44.3 Å². The van der Waals surface area contributed by atoms with E-state index in [2.05, 4.69) is 193 Å². The lowest BCUT2D eigenvalue weighted by molar-refractivity contribution is 0.401. The molecule has 2 aliphatic rings. The third kappa shape index (κ3) is 3.91. The van der Waals surface area contributed by atoms with Crippen molar-refractivity contribution in [1.29, 1.82) is 0 Å². The van der Waals surface area contributed by atoms with Crippen LogP contribution in [0.3, 0.4) is 0 Å². The Hall–Kier alpha value is -6.84. The number of aromatic nitrogens is 1. The first-order chi connectivity index (χ1) is 25.8. The van der Waals surface area contributed by atoms with Crippen LogP contribution in [0.15, 0.2) is 188 Å². The molecule has 3 heterocycles. The first-order valence-electron chi connectivity index (χ1n) is 17.8. The summed E-state index contributed by atoms with van der Waals surface area (Å²) >= 11 is 0. The van der Waals surface area contributed by atoms with Crippen molar-refractivity contribution >= 4 is 21.8 Å². The predicted octanol–water partition coefficient (Wildman–Crippen LogP) is 12.7. The third-order valence-electron chi connectivity index (χ3n) is 10.9. The zero-order valence-corrected chi connectivity index (χ0v) is 28.2. The van der Waals surface area contributed by atoms with Crippen LogP contribution in [0.2, 0.25) is 0 Å². The van der Waals surface area contributed by atoms with Gasteiger partial charge in [-0.1, -0.05) is 146 Å². The number of fused-ring (bicyclic) bond motifs is 11. The Morgan fingerprint density at radius 2 is 0.942 bits per heavy atom. The zero-order valence-electron chi connectivity index (χ0n) is 28.2. The molecule has 1 unspecified atom stereocenters. The summed E-state index contributed by atoms with van der Waals surface area (Å²) in [6.07, 6.45) is 0. The number of rotatable bonds is 3. The maximum atomic E-state index is 7.17. The molecule has 2 aliphatic heterocycles. The van der Waals surface area contributed by atoms with E-state index in [9.17, 15) is 0 Å². The second-order valence-electron chi connectivity index (χ2n) is 13.6. The van der Waals surface area contributed by atoms with Crippen LogP contribution in [0.5, 0.6) is 23.0 Å². The molecule has 0 amide bonds. The monoisotopic (exact) mass is 665 g/mol. The van der Waals surface area contributed by atoms with Gasteiger partial charge in [-0.2, -0.15) is 0 Å². The summed E-state index contributed by atoms with van der Waals surface area (Å²) < 4.78 is 16.4. The van der Waals surface area contributed by atoms with Crippen molar-refractivity contribution in [2.75, 3.05) is 0 Å².